The summed E-state index contributed by atoms with van der Waals surface area (Å²) in [5.74, 6) is 0.869. The van der Waals surface area contributed by atoms with Crippen LogP contribution in [-0.2, 0) is 28.6 Å². The van der Waals surface area contributed by atoms with Gasteiger partial charge in [0.1, 0.15) is 13.2 Å². The molecule has 6 nitrogen and oxygen atoms in total. The van der Waals surface area contributed by atoms with E-state index in [0.29, 0.717) is 19.3 Å². The molecule has 0 heterocycles. The normalized spacial score (nSPS) is 12.0. The Balaban J connectivity index is 4.24. The number of carbonyl (C=O) groups excluding carboxylic acids is 3. The molecular weight excluding hydrogens is 829 g/mol. The van der Waals surface area contributed by atoms with Crippen LogP contribution >= 0.6 is 0 Å². The zero-order valence-electron chi connectivity index (χ0n) is 46.0. The molecule has 0 aliphatic rings. The zero-order chi connectivity index (χ0) is 48.9. The number of unbranched alkanes of at least 4 members (excludes halogenated alkanes) is 40. The van der Waals surface area contributed by atoms with Crippen molar-refractivity contribution in [2.45, 2.75) is 349 Å². The molecule has 0 bridgehead atoms. The largest absolute Gasteiger partial charge is 0.462 e. The summed E-state index contributed by atoms with van der Waals surface area (Å²) >= 11 is 0. The number of hydrogen-bond acceptors (Lipinski definition) is 6. The molecule has 67 heavy (non-hydrogen) atoms. The molecule has 0 saturated heterocycles. The van der Waals surface area contributed by atoms with E-state index in [-0.39, 0.29) is 31.1 Å². The molecule has 0 aromatic rings. The molecule has 0 saturated carbocycles. The summed E-state index contributed by atoms with van der Waals surface area (Å²) in [5, 5.41) is 0. The van der Waals surface area contributed by atoms with Gasteiger partial charge in [0.15, 0.2) is 6.10 Å². The van der Waals surface area contributed by atoms with Gasteiger partial charge >= 0.3 is 17.9 Å². The molecule has 0 aromatic carbocycles. The fourth-order valence-corrected chi connectivity index (χ4v) is 9.40. The van der Waals surface area contributed by atoms with E-state index in [1.807, 2.05) is 0 Å². The van der Waals surface area contributed by atoms with Crippen LogP contribution in [-0.4, -0.2) is 37.2 Å². The summed E-state index contributed by atoms with van der Waals surface area (Å²) in [6.45, 7) is 11.4. The van der Waals surface area contributed by atoms with Crippen molar-refractivity contribution in [2.24, 2.45) is 11.8 Å². The lowest BCUT2D eigenvalue weighted by atomic mass is 10.0. The predicted octanol–water partition coefficient (Wildman–Crippen LogP) is 20.0. The average molecular weight is 948 g/mol. The molecule has 6 heteroatoms. The third-order valence-corrected chi connectivity index (χ3v) is 14.0. The maximum absolute atomic E-state index is 12.9. The van der Waals surface area contributed by atoms with Crippen molar-refractivity contribution in [3.63, 3.8) is 0 Å². The van der Waals surface area contributed by atoms with E-state index in [2.05, 4.69) is 34.6 Å². The van der Waals surface area contributed by atoms with Crippen LogP contribution in [0, 0.1) is 11.8 Å². The fourth-order valence-electron chi connectivity index (χ4n) is 9.40. The highest BCUT2D eigenvalue weighted by molar-refractivity contribution is 5.71. The summed E-state index contributed by atoms with van der Waals surface area (Å²) < 4.78 is 16.9. The van der Waals surface area contributed by atoms with Gasteiger partial charge in [0.25, 0.3) is 0 Å². The van der Waals surface area contributed by atoms with Gasteiger partial charge in [0, 0.05) is 19.3 Å². The van der Waals surface area contributed by atoms with Crippen molar-refractivity contribution in [3.05, 3.63) is 0 Å². The Morgan fingerprint density at radius 1 is 0.284 bits per heavy atom. The van der Waals surface area contributed by atoms with Crippen LogP contribution in [0.4, 0.5) is 0 Å². The summed E-state index contributed by atoms with van der Waals surface area (Å²) in [4.78, 5) is 38.2. The first-order chi connectivity index (χ1) is 32.7. The SMILES string of the molecule is CCCCCCCCCCCCCC(=O)OC[C@H](COC(=O)CCCCCCCCCCCCCCCCCCC(C)C)OC(=O)CCCCCCCCCCCCCCCCCCC(C)C. The second kappa shape index (κ2) is 53.8. The Morgan fingerprint density at radius 2 is 0.493 bits per heavy atom. The highest BCUT2D eigenvalue weighted by Gasteiger charge is 2.19. The van der Waals surface area contributed by atoms with Crippen molar-refractivity contribution >= 4 is 17.9 Å². The molecule has 0 rings (SSSR count). The van der Waals surface area contributed by atoms with Gasteiger partial charge in [-0.05, 0) is 31.1 Å². The first kappa shape index (κ1) is 65.4. The molecule has 0 aliphatic carbocycles. The van der Waals surface area contributed by atoms with Crippen LogP contribution in [0.15, 0.2) is 0 Å². The summed E-state index contributed by atoms with van der Waals surface area (Å²) in [6, 6.07) is 0. The lowest BCUT2D eigenvalue weighted by Crippen LogP contribution is -2.30. The van der Waals surface area contributed by atoms with E-state index in [1.54, 1.807) is 0 Å². The first-order valence-corrected chi connectivity index (χ1v) is 30.2. The van der Waals surface area contributed by atoms with Gasteiger partial charge in [-0.15, -0.1) is 0 Å². The second-order valence-electron chi connectivity index (χ2n) is 21.9. The number of ether oxygens (including phenoxy) is 3. The maximum Gasteiger partial charge on any atom is 0.306 e. The van der Waals surface area contributed by atoms with Crippen molar-refractivity contribution in [1.29, 1.82) is 0 Å². The molecule has 0 aliphatic heterocycles. The third kappa shape index (κ3) is 55.2. The van der Waals surface area contributed by atoms with Crippen LogP contribution in [0.3, 0.4) is 0 Å². The second-order valence-corrected chi connectivity index (χ2v) is 21.9. The van der Waals surface area contributed by atoms with Crippen molar-refractivity contribution < 1.29 is 28.6 Å². The Hall–Kier alpha value is -1.59. The minimum Gasteiger partial charge on any atom is -0.462 e. The third-order valence-electron chi connectivity index (χ3n) is 14.0. The molecule has 1 atom stereocenters. The van der Waals surface area contributed by atoms with Crippen LogP contribution in [0.5, 0.6) is 0 Å². The smallest absolute Gasteiger partial charge is 0.306 e. The van der Waals surface area contributed by atoms with Gasteiger partial charge in [-0.1, -0.05) is 304 Å². The number of hydrogen-bond donors (Lipinski definition) is 0. The standard InChI is InChI=1S/C61H118O6/c1-6-7-8-9-10-11-24-31-36-41-46-51-59(62)65-54-58(67-61(64)53-48-43-38-33-28-23-19-15-13-17-21-26-30-35-40-45-50-57(4)5)55-66-60(63)52-47-42-37-32-27-22-18-14-12-16-20-25-29-34-39-44-49-56(2)3/h56-58H,6-55H2,1-5H3/t58-/m1/s1. The van der Waals surface area contributed by atoms with Crippen molar-refractivity contribution in [3.8, 4) is 0 Å². The lowest BCUT2D eigenvalue weighted by Gasteiger charge is -2.18. The highest BCUT2D eigenvalue weighted by Crippen LogP contribution is 2.19. The van der Waals surface area contributed by atoms with Gasteiger partial charge in [-0.25, -0.2) is 0 Å². The van der Waals surface area contributed by atoms with Crippen LogP contribution in [0.2, 0.25) is 0 Å². The van der Waals surface area contributed by atoms with E-state index in [4.69, 9.17) is 14.2 Å². The molecule has 0 aromatic heterocycles. The Bertz CT molecular complexity index is 1020. The predicted molar refractivity (Wildman–Crippen MR) is 289 cm³/mol. The molecule has 398 valence electrons. The number of esters is 3. The monoisotopic (exact) mass is 947 g/mol. The summed E-state index contributed by atoms with van der Waals surface area (Å²) in [6.07, 6.45) is 58.1. The number of rotatable bonds is 55. The minimum atomic E-state index is -0.762. The fraction of sp³-hybridized carbons (Fsp3) is 0.951. The van der Waals surface area contributed by atoms with Crippen molar-refractivity contribution in [1.82, 2.24) is 0 Å². The number of carbonyl (C=O) groups is 3. The van der Waals surface area contributed by atoms with E-state index in [9.17, 15) is 14.4 Å². The lowest BCUT2D eigenvalue weighted by molar-refractivity contribution is -0.167. The van der Waals surface area contributed by atoms with Crippen molar-refractivity contribution in [2.75, 3.05) is 13.2 Å². The van der Waals surface area contributed by atoms with Crippen LogP contribution < -0.4 is 0 Å². The van der Waals surface area contributed by atoms with Gasteiger partial charge in [0.2, 0.25) is 0 Å². The molecule has 0 N–H and O–H groups in total. The Morgan fingerprint density at radius 3 is 0.731 bits per heavy atom. The van der Waals surface area contributed by atoms with E-state index < -0.39 is 6.10 Å². The van der Waals surface area contributed by atoms with E-state index in [0.717, 1.165) is 69.6 Å². The molecular formula is C61H118O6. The molecule has 0 spiro atoms. The summed E-state index contributed by atoms with van der Waals surface area (Å²) in [7, 11) is 0. The van der Waals surface area contributed by atoms with Gasteiger partial charge in [-0.2, -0.15) is 0 Å². The topological polar surface area (TPSA) is 78.9 Å². The molecule has 0 radical (unpaired) electrons. The van der Waals surface area contributed by atoms with Gasteiger partial charge in [-0.3, -0.25) is 14.4 Å². The zero-order valence-corrected chi connectivity index (χ0v) is 46.0. The summed E-state index contributed by atoms with van der Waals surface area (Å²) in [5.41, 5.74) is 0. The van der Waals surface area contributed by atoms with Gasteiger partial charge in [0.05, 0.1) is 0 Å². The van der Waals surface area contributed by atoms with Crippen LogP contribution in [0.25, 0.3) is 0 Å². The Kier molecular flexibility index (Phi) is 52.5. The maximum atomic E-state index is 12.9. The van der Waals surface area contributed by atoms with Crippen LogP contribution in [0.1, 0.15) is 343 Å². The molecule has 0 fully saturated rings. The quantitative estimate of drug-likeness (QED) is 0.0343. The van der Waals surface area contributed by atoms with Gasteiger partial charge < -0.3 is 14.2 Å². The highest BCUT2D eigenvalue weighted by atomic mass is 16.6. The first-order valence-electron chi connectivity index (χ1n) is 30.2. The van der Waals surface area contributed by atoms with E-state index >= 15 is 0 Å². The Labute approximate surface area is 418 Å². The molecule has 0 amide bonds. The minimum absolute atomic E-state index is 0.0622. The van der Waals surface area contributed by atoms with E-state index in [1.165, 1.54) is 231 Å². The molecule has 0 unspecified atom stereocenters. The average Bonchev–Trinajstić information content (AvgIpc) is 3.30.